The van der Waals surface area contributed by atoms with Gasteiger partial charge in [0, 0.05) is 51.7 Å². The maximum atomic E-state index is 12.3. The summed E-state index contributed by atoms with van der Waals surface area (Å²) in [4.78, 5) is 18.7. The zero-order valence-corrected chi connectivity index (χ0v) is 18.7. The number of aliphatic imine (C=N–C) groups is 1. The quantitative estimate of drug-likeness (QED) is 0.260. The molecule has 1 aromatic rings. The second-order valence-corrected chi connectivity index (χ2v) is 6.47. The van der Waals surface area contributed by atoms with E-state index in [1.165, 1.54) is 11.9 Å². The summed E-state index contributed by atoms with van der Waals surface area (Å²) in [6, 6.07) is 1.79. The highest BCUT2D eigenvalue weighted by atomic mass is 127. The van der Waals surface area contributed by atoms with E-state index in [2.05, 4.69) is 30.1 Å². The molecule has 0 aromatic carbocycles. The van der Waals surface area contributed by atoms with Crippen molar-refractivity contribution in [3.05, 3.63) is 18.5 Å². The van der Waals surface area contributed by atoms with Crippen LogP contribution >= 0.6 is 24.0 Å². The lowest BCUT2D eigenvalue weighted by atomic mass is 10.3. The van der Waals surface area contributed by atoms with Gasteiger partial charge in [-0.05, 0) is 33.0 Å². The fourth-order valence-electron chi connectivity index (χ4n) is 2.91. The molecule has 1 saturated heterocycles. The summed E-state index contributed by atoms with van der Waals surface area (Å²) in [7, 11) is 1.48. The number of nitrogens with zero attached hydrogens (tertiary/aromatic N) is 6. The standard InChI is InChI=1S/C17H28F3N7.HI/c1-3-21-15(24-8-5-9-25(2)14-17(18,19)20)26-10-12-27(13-11-26)16-22-6-4-7-23-16;/h4,6-7H,3,5,8-14H2,1-2H3,(H,21,24);1H. The Labute approximate surface area is 181 Å². The van der Waals surface area contributed by atoms with Crippen LogP contribution in [0.4, 0.5) is 19.1 Å². The largest absolute Gasteiger partial charge is 0.401 e. The van der Waals surface area contributed by atoms with Crippen LogP contribution in [0.5, 0.6) is 0 Å². The van der Waals surface area contributed by atoms with Crippen LogP contribution in [-0.2, 0) is 0 Å². The average molecular weight is 515 g/mol. The number of anilines is 1. The number of hydrogen-bond donors (Lipinski definition) is 1. The molecule has 1 aromatic heterocycles. The second-order valence-electron chi connectivity index (χ2n) is 6.47. The predicted molar refractivity (Wildman–Crippen MR) is 115 cm³/mol. The van der Waals surface area contributed by atoms with Crippen molar-refractivity contribution in [2.45, 2.75) is 19.5 Å². The minimum atomic E-state index is -4.16. The normalized spacial score (nSPS) is 15.6. The third kappa shape index (κ3) is 8.76. The summed E-state index contributed by atoms with van der Waals surface area (Å²) in [5, 5.41) is 3.27. The van der Waals surface area contributed by atoms with Crippen molar-refractivity contribution in [3.63, 3.8) is 0 Å². The van der Waals surface area contributed by atoms with Crippen molar-refractivity contribution >= 4 is 35.9 Å². The molecule has 28 heavy (non-hydrogen) atoms. The van der Waals surface area contributed by atoms with Gasteiger partial charge in [0.15, 0.2) is 5.96 Å². The van der Waals surface area contributed by atoms with Crippen molar-refractivity contribution in [1.29, 1.82) is 0 Å². The zero-order valence-electron chi connectivity index (χ0n) is 16.3. The Morgan fingerprint density at radius 2 is 1.86 bits per heavy atom. The molecule has 0 aliphatic carbocycles. The van der Waals surface area contributed by atoms with E-state index in [1.807, 2.05) is 6.92 Å². The van der Waals surface area contributed by atoms with E-state index in [0.29, 0.717) is 19.5 Å². The molecule has 2 rings (SSSR count). The number of rotatable bonds is 7. The lowest BCUT2D eigenvalue weighted by Crippen LogP contribution is -2.53. The van der Waals surface area contributed by atoms with E-state index >= 15 is 0 Å². The van der Waals surface area contributed by atoms with Crippen molar-refractivity contribution < 1.29 is 13.2 Å². The highest BCUT2D eigenvalue weighted by Gasteiger charge is 2.28. The molecule has 0 bridgehead atoms. The van der Waals surface area contributed by atoms with E-state index in [0.717, 1.165) is 44.6 Å². The molecule has 2 heterocycles. The highest BCUT2D eigenvalue weighted by molar-refractivity contribution is 14.0. The molecule has 7 nitrogen and oxygen atoms in total. The molecule has 0 unspecified atom stereocenters. The van der Waals surface area contributed by atoms with E-state index in [1.54, 1.807) is 18.5 Å². The fourth-order valence-corrected chi connectivity index (χ4v) is 2.91. The van der Waals surface area contributed by atoms with Crippen molar-refractivity contribution in [1.82, 2.24) is 25.1 Å². The third-order valence-corrected chi connectivity index (χ3v) is 4.16. The van der Waals surface area contributed by atoms with Gasteiger partial charge in [-0.15, -0.1) is 24.0 Å². The first kappa shape index (κ1) is 24.7. The highest BCUT2D eigenvalue weighted by Crippen LogP contribution is 2.15. The summed E-state index contributed by atoms with van der Waals surface area (Å²) in [6.45, 7) is 5.88. The molecular weight excluding hydrogens is 486 g/mol. The number of aromatic nitrogens is 2. The SMILES string of the molecule is CCNC(=NCCCN(C)CC(F)(F)F)N1CCN(c2ncccn2)CC1.I. The van der Waals surface area contributed by atoms with E-state index in [-0.39, 0.29) is 24.0 Å². The maximum Gasteiger partial charge on any atom is 0.401 e. The Morgan fingerprint density at radius 3 is 2.43 bits per heavy atom. The second kappa shape index (κ2) is 12.2. The third-order valence-electron chi connectivity index (χ3n) is 4.16. The van der Waals surface area contributed by atoms with Gasteiger partial charge in [-0.1, -0.05) is 0 Å². The molecule has 1 N–H and O–H groups in total. The van der Waals surface area contributed by atoms with Crippen LogP contribution in [-0.4, -0.2) is 91.3 Å². The van der Waals surface area contributed by atoms with Crippen LogP contribution in [0.25, 0.3) is 0 Å². The molecule has 0 saturated carbocycles. The molecule has 1 aliphatic rings. The fraction of sp³-hybridized carbons (Fsp3) is 0.706. The molecule has 0 amide bonds. The van der Waals surface area contributed by atoms with Crippen LogP contribution in [0.15, 0.2) is 23.5 Å². The van der Waals surface area contributed by atoms with Crippen LogP contribution in [0, 0.1) is 0 Å². The number of alkyl halides is 3. The predicted octanol–water partition coefficient (Wildman–Crippen LogP) is 2.07. The minimum absolute atomic E-state index is 0. The van der Waals surface area contributed by atoms with Gasteiger partial charge in [-0.2, -0.15) is 13.2 Å². The summed E-state index contributed by atoms with van der Waals surface area (Å²) in [6.07, 6.45) is -0.111. The molecular formula is C17H29F3IN7. The Bertz CT molecular complexity index is 578. The number of piperazine rings is 1. The van der Waals surface area contributed by atoms with Gasteiger partial charge in [0.05, 0.1) is 6.54 Å². The van der Waals surface area contributed by atoms with E-state index in [9.17, 15) is 13.2 Å². The Kier molecular flexibility index (Phi) is 10.8. The van der Waals surface area contributed by atoms with Crippen LogP contribution in [0.2, 0.25) is 0 Å². The number of guanidine groups is 1. The number of hydrogen-bond acceptors (Lipinski definition) is 5. The summed E-state index contributed by atoms with van der Waals surface area (Å²) in [5.41, 5.74) is 0. The lowest BCUT2D eigenvalue weighted by Gasteiger charge is -2.36. The van der Waals surface area contributed by atoms with Crippen LogP contribution in [0.1, 0.15) is 13.3 Å². The van der Waals surface area contributed by atoms with E-state index in [4.69, 9.17) is 0 Å². The molecule has 0 radical (unpaired) electrons. The van der Waals surface area contributed by atoms with Crippen LogP contribution in [0.3, 0.4) is 0 Å². The van der Waals surface area contributed by atoms with Crippen molar-refractivity contribution in [2.75, 3.05) is 64.3 Å². The van der Waals surface area contributed by atoms with Gasteiger partial charge in [-0.25, -0.2) is 9.97 Å². The monoisotopic (exact) mass is 515 g/mol. The zero-order chi connectivity index (χ0) is 19.7. The number of nitrogens with one attached hydrogen (secondary N) is 1. The van der Waals surface area contributed by atoms with Gasteiger partial charge in [0.1, 0.15) is 0 Å². The molecule has 1 aliphatic heterocycles. The molecule has 0 spiro atoms. The smallest absolute Gasteiger partial charge is 0.357 e. The summed E-state index contributed by atoms with van der Waals surface area (Å²) < 4.78 is 37.0. The lowest BCUT2D eigenvalue weighted by molar-refractivity contribution is -0.143. The summed E-state index contributed by atoms with van der Waals surface area (Å²) >= 11 is 0. The molecule has 160 valence electrons. The molecule has 11 heteroatoms. The van der Waals surface area contributed by atoms with Gasteiger partial charge in [0.2, 0.25) is 5.95 Å². The van der Waals surface area contributed by atoms with Gasteiger partial charge in [-0.3, -0.25) is 9.89 Å². The van der Waals surface area contributed by atoms with Gasteiger partial charge < -0.3 is 15.1 Å². The van der Waals surface area contributed by atoms with Crippen molar-refractivity contribution in [2.24, 2.45) is 4.99 Å². The average Bonchev–Trinajstić information content (AvgIpc) is 2.64. The van der Waals surface area contributed by atoms with Crippen LogP contribution < -0.4 is 10.2 Å². The first-order valence-corrected chi connectivity index (χ1v) is 9.19. The Morgan fingerprint density at radius 1 is 1.21 bits per heavy atom. The van der Waals surface area contributed by atoms with Gasteiger partial charge >= 0.3 is 6.18 Å². The van der Waals surface area contributed by atoms with Crippen molar-refractivity contribution in [3.8, 4) is 0 Å². The maximum absolute atomic E-state index is 12.3. The first-order chi connectivity index (χ1) is 12.9. The number of halogens is 4. The summed E-state index contributed by atoms with van der Waals surface area (Å²) in [5.74, 6) is 1.54. The van der Waals surface area contributed by atoms with Gasteiger partial charge in [0.25, 0.3) is 0 Å². The minimum Gasteiger partial charge on any atom is -0.357 e. The topological polar surface area (TPSA) is 59.9 Å². The first-order valence-electron chi connectivity index (χ1n) is 9.19. The molecule has 1 fully saturated rings. The Hall–Kier alpha value is -1.37. The molecule has 0 atom stereocenters. The van der Waals surface area contributed by atoms with E-state index < -0.39 is 12.7 Å². The Balaban J connectivity index is 0.00000392.